The Morgan fingerprint density at radius 1 is 1.00 bits per heavy atom. The molecule has 0 spiro atoms. The second-order valence-corrected chi connectivity index (χ2v) is 9.67. The Balaban J connectivity index is 0.00000289. The Morgan fingerprint density at radius 2 is 1.66 bits per heavy atom. The number of carbonyl (C=O) groups is 1. The van der Waals surface area contributed by atoms with Gasteiger partial charge >= 0.3 is 5.97 Å². The van der Waals surface area contributed by atoms with E-state index in [4.69, 9.17) is 9.47 Å². The van der Waals surface area contributed by atoms with Crippen molar-refractivity contribution in [2.75, 3.05) is 13.2 Å². The normalized spacial score (nSPS) is 21.6. The van der Waals surface area contributed by atoms with Crippen LogP contribution in [0, 0.1) is 0 Å². The Bertz CT molecular complexity index is 1210. The van der Waals surface area contributed by atoms with Crippen molar-refractivity contribution in [2.45, 2.75) is 63.8 Å². The molecular formula is C28H33ClN2O4. The highest BCUT2D eigenvalue weighted by Crippen LogP contribution is 2.37. The minimum absolute atomic E-state index is 0. The smallest absolute Gasteiger partial charge is 0.344 e. The second kappa shape index (κ2) is 10.8. The molecule has 7 heteroatoms. The topological polar surface area (TPSA) is 60.8 Å². The molecule has 0 radical (unpaired) electrons. The third kappa shape index (κ3) is 5.24. The number of rotatable bonds is 7. The quantitative estimate of drug-likeness (QED) is 0.419. The lowest BCUT2D eigenvalue weighted by Crippen LogP contribution is -2.47. The van der Waals surface area contributed by atoms with Gasteiger partial charge in [-0.3, -0.25) is 9.69 Å². The number of ether oxygens (including phenoxy) is 2. The van der Waals surface area contributed by atoms with Crippen molar-refractivity contribution in [1.82, 2.24) is 9.47 Å². The van der Waals surface area contributed by atoms with Crippen LogP contribution in [0.5, 0.6) is 5.75 Å². The summed E-state index contributed by atoms with van der Waals surface area (Å²) in [5, 5.41) is 0.871. The van der Waals surface area contributed by atoms with Gasteiger partial charge < -0.3 is 14.0 Å². The van der Waals surface area contributed by atoms with E-state index in [-0.39, 0.29) is 35.7 Å². The number of hydrogen-bond acceptors (Lipinski definition) is 5. The number of benzene rings is 2. The SMILES string of the molecule is CC(C)n1c(=O)c(C(=O)OC2CC3CCC(C2)N3CCOc2ccccc2)cc2ccccc21.Cl. The van der Waals surface area contributed by atoms with E-state index in [0.29, 0.717) is 18.7 Å². The summed E-state index contributed by atoms with van der Waals surface area (Å²) in [6.07, 6.45) is 3.68. The van der Waals surface area contributed by atoms with E-state index in [1.165, 1.54) is 0 Å². The van der Waals surface area contributed by atoms with Crippen molar-refractivity contribution in [3.8, 4) is 5.75 Å². The van der Waals surface area contributed by atoms with Crippen molar-refractivity contribution in [3.63, 3.8) is 0 Å². The van der Waals surface area contributed by atoms with Gasteiger partial charge in [-0.15, -0.1) is 12.4 Å². The first-order valence-electron chi connectivity index (χ1n) is 12.3. The lowest BCUT2D eigenvalue weighted by molar-refractivity contribution is -0.00859. The number of para-hydroxylation sites is 2. The number of piperidine rings is 1. The maximum absolute atomic E-state index is 13.2. The molecule has 2 atom stereocenters. The third-order valence-electron chi connectivity index (χ3n) is 7.16. The van der Waals surface area contributed by atoms with Crippen molar-refractivity contribution >= 4 is 29.3 Å². The fourth-order valence-corrected chi connectivity index (χ4v) is 5.63. The number of fused-ring (bicyclic) bond motifs is 3. The van der Waals surface area contributed by atoms with E-state index < -0.39 is 5.97 Å². The van der Waals surface area contributed by atoms with Crippen molar-refractivity contribution in [3.05, 3.63) is 76.6 Å². The highest BCUT2D eigenvalue weighted by atomic mass is 35.5. The van der Waals surface area contributed by atoms with Crippen LogP contribution in [0.15, 0.2) is 65.5 Å². The highest BCUT2D eigenvalue weighted by Gasteiger charge is 2.42. The van der Waals surface area contributed by atoms with E-state index in [0.717, 1.165) is 48.9 Å². The van der Waals surface area contributed by atoms with Crippen molar-refractivity contribution < 1.29 is 14.3 Å². The summed E-state index contributed by atoms with van der Waals surface area (Å²) >= 11 is 0. The van der Waals surface area contributed by atoms with Crippen LogP contribution in [0.4, 0.5) is 0 Å². The molecule has 3 aromatic rings. The first kappa shape index (κ1) is 25.3. The van der Waals surface area contributed by atoms with Crippen LogP contribution in [0.1, 0.15) is 55.9 Å². The van der Waals surface area contributed by atoms with E-state index in [9.17, 15) is 9.59 Å². The zero-order valence-corrected chi connectivity index (χ0v) is 21.1. The summed E-state index contributed by atoms with van der Waals surface area (Å²) in [5.41, 5.74) is 0.679. The molecule has 2 aromatic carbocycles. The molecule has 2 aliphatic heterocycles. The van der Waals surface area contributed by atoms with Crippen molar-refractivity contribution in [2.24, 2.45) is 0 Å². The Kier molecular flexibility index (Phi) is 7.82. The second-order valence-electron chi connectivity index (χ2n) is 9.67. The molecule has 186 valence electrons. The summed E-state index contributed by atoms with van der Waals surface area (Å²) in [7, 11) is 0. The molecule has 2 saturated heterocycles. The molecule has 1 aromatic heterocycles. The zero-order valence-electron chi connectivity index (χ0n) is 20.3. The fraction of sp³-hybridized carbons (Fsp3) is 0.429. The summed E-state index contributed by atoms with van der Waals surface area (Å²) in [6.45, 7) is 5.43. The van der Waals surface area contributed by atoms with Gasteiger partial charge in [-0.05, 0) is 56.3 Å². The first-order chi connectivity index (χ1) is 16.5. The lowest BCUT2D eigenvalue weighted by Gasteiger charge is -2.38. The van der Waals surface area contributed by atoms with Crippen LogP contribution in [0.3, 0.4) is 0 Å². The predicted octanol–water partition coefficient (Wildman–Crippen LogP) is 5.24. The van der Waals surface area contributed by atoms with Crippen LogP contribution in [0.2, 0.25) is 0 Å². The van der Waals surface area contributed by atoms with E-state index in [1.54, 1.807) is 10.6 Å². The van der Waals surface area contributed by atoms with Gasteiger partial charge in [-0.25, -0.2) is 4.79 Å². The minimum atomic E-state index is -0.504. The predicted molar refractivity (Wildman–Crippen MR) is 140 cm³/mol. The summed E-state index contributed by atoms with van der Waals surface area (Å²) < 4.78 is 13.5. The summed E-state index contributed by atoms with van der Waals surface area (Å²) in [4.78, 5) is 28.8. The molecule has 0 N–H and O–H groups in total. The summed E-state index contributed by atoms with van der Waals surface area (Å²) in [5.74, 6) is 0.386. The highest BCUT2D eigenvalue weighted by molar-refractivity contribution is 5.94. The van der Waals surface area contributed by atoms with E-state index in [2.05, 4.69) is 4.90 Å². The number of pyridine rings is 1. The standard InChI is InChI=1S/C28H32N2O4.ClH/c1-19(2)30-26-11-7-6-8-20(26)16-25(27(30)31)28(32)34-24-17-21-12-13-22(18-24)29(21)14-15-33-23-9-4-3-5-10-23;/h3-11,16,19,21-22,24H,12-15,17-18H2,1-2H3;1H. The van der Waals surface area contributed by atoms with Gasteiger partial charge in [0.1, 0.15) is 24.0 Å². The number of halogens is 1. The van der Waals surface area contributed by atoms with Gasteiger partial charge in [-0.2, -0.15) is 0 Å². The Hall–Kier alpha value is -2.83. The Labute approximate surface area is 212 Å². The number of aromatic nitrogens is 1. The van der Waals surface area contributed by atoms with Crippen molar-refractivity contribution in [1.29, 1.82) is 0 Å². The average molecular weight is 497 g/mol. The largest absolute Gasteiger partial charge is 0.492 e. The maximum atomic E-state index is 13.2. The van der Waals surface area contributed by atoms with E-state index >= 15 is 0 Å². The molecule has 2 unspecified atom stereocenters. The molecule has 2 aliphatic rings. The van der Waals surface area contributed by atoms with E-state index in [1.807, 2.05) is 68.4 Å². The first-order valence-corrected chi connectivity index (χ1v) is 12.3. The monoisotopic (exact) mass is 496 g/mol. The van der Waals surface area contributed by atoms with Gasteiger partial charge in [0.2, 0.25) is 0 Å². The molecule has 6 nitrogen and oxygen atoms in total. The summed E-state index contributed by atoms with van der Waals surface area (Å²) in [6, 6.07) is 20.0. The van der Waals surface area contributed by atoms with Crippen LogP contribution < -0.4 is 10.3 Å². The average Bonchev–Trinajstić information content (AvgIpc) is 3.06. The molecule has 2 fully saturated rings. The maximum Gasteiger partial charge on any atom is 0.344 e. The number of carbonyl (C=O) groups excluding carboxylic acids is 1. The van der Waals surface area contributed by atoms with Gasteiger partial charge in [-0.1, -0.05) is 36.4 Å². The van der Waals surface area contributed by atoms with Crippen LogP contribution in [0.25, 0.3) is 10.9 Å². The van der Waals surface area contributed by atoms with Gasteiger partial charge in [0.05, 0.1) is 5.52 Å². The van der Waals surface area contributed by atoms with Crippen LogP contribution in [-0.4, -0.2) is 46.8 Å². The number of esters is 1. The molecule has 2 bridgehead atoms. The molecule has 3 heterocycles. The van der Waals surface area contributed by atoms with Gasteiger partial charge in [0.15, 0.2) is 0 Å². The molecule has 0 amide bonds. The zero-order chi connectivity index (χ0) is 23.7. The Morgan fingerprint density at radius 3 is 2.34 bits per heavy atom. The fourth-order valence-electron chi connectivity index (χ4n) is 5.63. The molecule has 35 heavy (non-hydrogen) atoms. The number of hydrogen-bond donors (Lipinski definition) is 0. The number of nitrogens with zero attached hydrogens (tertiary/aromatic N) is 2. The molecule has 5 rings (SSSR count). The van der Waals surface area contributed by atoms with Crippen LogP contribution >= 0.6 is 12.4 Å². The minimum Gasteiger partial charge on any atom is -0.492 e. The third-order valence-corrected chi connectivity index (χ3v) is 7.16. The molecular weight excluding hydrogens is 464 g/mol. The molecule has 0 aliphatic carbocycles. The lowest BCUT2D eigenvalue weighted by atomic mass is 9.99. The molecule has 0 saturated carbocycles. The van der Waals surface area contributed by atoms with Crippen LogP contribution in [-0.2, 0) is 4.74 Å². The van der Waals surface area contributed by atoms with Gasteiger partial charge in [0, 0.05) is 37.5 Å². The van der Waals surface area contributed by atoms with Gasteiger partial charge in [0.25, 0.3) is 5.56 Å².